The number of hydrogen-bond acceptors (Lipinski definition) is 10. The lowest BCUT2D eigenvalue weighted by atomic mass is 9.76. The molecule has 0 aliphatic rings. The summed E-state index contributed by atoms with van der Waals surface area (Å²) < 4.78 is 43.8. The fraction of sp³-hybridized carbons (Fsp3) is 0.842. The van der Waals surface area contributed by atoms with Crippen LogP contribution in [0.15, 0.2) is 0 Å². The first-order chi connectivity index (χ1) is 14.2. The summed E-state index contributed by atoms with van der Waals surface area (Å²) >= 11 is 0. The second kappa shape index (κ2) is 12.8. The fourth-order valence-corrected chi connectivity index (χ4v) is 3.07. The van der Waals surface area contributed by atoms with Crippen LogP contribution in [0.1, 0.15) is 60.8 Å². The quantitative estimate of drug-likeness (QED) is 0.165. The third kappa shape index (κ3) is 10.8. The van der Waals surface area contributed by atoms with E-state index in [4.69, 9.17) is 18.4 Å². The van der Waals surface area contributed by atoms with Crippen molar-refractivity contribution >= 4 is 28.1 Å². The van der Waals surface area contributed by atoms with Crippen LogP contribution in [0.3, 0.4) is 0 Å². The molecule has 182 valence electrons. The number of hydrogen-bond donors (Lipinski definition) is 2. The smallest absolute Gasteiger partial charge is 0.434 e. The Balaban J connectivity index is 4.90. The topological polar surface area (TPSA) is 155 Å². The van der Waals surface area contributed by atoms with E-state index in [2.05, 4.69) is 5.32 Å². The largest absolute Gasteiger partial charge is 0.511 e. The highest BCUT2D eigenvalue weighted by molar-refractivity contribution is 7.86. The van der Waals surface area contributed by atoms with E-state index in [-0.39, 0.29) is 37.7 Å². The molecule has 0 rings (SSSR count). The van der Waals surface area contributed by atoms with Gasteiger partial charge >= 0.3 is 12.1 Å². The summed E-state index contributed by atoms with van der Waals surface area (Å²) in [5.74, 6) is -1.73. The van der Waals surface area contributed by atoms with E-state index in [9.17, 15) is 27.9 Å². The normalized spacial score (nSPS) is 14.8. The highest BCUT2D eigenvalue weighted by Crippen LogP contribution is 2.33. The standard InChI is InChI=1S/C19H35NO10S/c1-7-11-27-17(23)30-15(8-2)29-16(22)19(6,24)18(4,5)13-28-31(25,26)12-9-10-20-14(3)21/h15,24H,7-13H2,1-6H3,(H,20,21)/t15?,19-/m0/s1. The van der Waals surface area contributed by atoms with Crippen LogP contribution in [0.25, 0.3) is 0 Å². The Morgan fingerprint density at radius 1 is 1.10 bits per heavy atom. The van der Waals surface area contributed by atoms with Crippen LogP contribution in [0.2, 0.25) is 0 Å². The van der Waals surface area contributed by atoms with Gasteiger partial charge in [0.05, 0.1) is 19.0 Å². The number of amides is 1. The molecule has 31 heavy (non-hydrogen) atoms. The summed E-state index contributed by atoms with van der Waals surface area (Å²) in [6, 6.07) is 0. The van der Waals surface area contributed by atoms with Gasteiger partial charge < -0.3 is 24.6 Å². The average Bonchev–Trinajstić information content (AvgIpc) is 2.67. The number of esters is 1. The van der Waals surface area contributed by atoms with Gasteiger partial charge in [-0.2, -0.15) is 8.42 Å². The molecule has 0 bridgehead atoms. The van der Waals surface area contributed by atoms with Gasteiger partial charge in [0.25, 0.3) is 16.4 Å². The van der Waals surface area contributed by atoms with E-state index in [1.165, 1.54) is 20.8 Å². The Morgan fingerprint density at radius 3 is 2.23 bits per heavy atom. The zero-order chi connectivity index (χ0) is 24.3. The summed E-state index contributed by atoms with van der Waals surface area (Å²) in [5, 5.41) is 13.2. The van der Waals surface area contributed by atoms with Crippen LogP contribution in [-0.4, -0.2) is 69.0 Å². The summed E-state index contributed by atoms with van der Waals surface area (Å²) in [6.07, 6.45) is -1.44. The average molecular weight is 470 g/mol. The lowest BCUT2D eigenvalue weighted by Crippen LogP contribution is -2.53. The molecule has 1 amide bonds. The second-order valence-corrected chi connectivity index (χ2v) is 9.54. The van der Waals surface area contributed by atoms with E-state index in [0.717, 1.165) is 6.92 Å². The van der Waals surface area contributed by atoms with Gasteiger partial charge in [-0.15, -0.1) is 0 Å². The maximum absolute atomic E-state index is 12.5. The van der Waals surface area contributed by atoms with Crippen LogP contribution in [0.4, 0.5) is 4.79 Å². The van der Waals surface area contributed by atoms with Gasteiger partial charge in [-0.05, 0) is 19.8 Å². The number of carbonyl (C=O) groups excluding carboxylic acids is 3. The van der Waals surface area contributed by atoms with Crippen molar-refractivity contribution in [3.63, 3.8) is 0 Å². The summed E-state index contributed by atoms with van der Waals surface area (Å²) in [4.78, 5) is 34.9. The molecule has 0 aromatic heterocycles. The van der Waals surface area contributed by atoms with Gasteiger partial charge in [-0.3, -0.25) is 8.98 Å². The second-order valence-electron chi connectivity index (χ2n) is 7.78. The van der Waals surface area contributed by atoms with Crippen molar-refractivity contribution in [3.05, 3.63) is 0 Å². The van der Waals surface area contributed by atoms with Crippen molar-refractivity contribution in [2.24, 2.45) is 5.41 Å². The number of ether oxygens (including phenoxy) is 3. The molecule has 0 spiro atoms. The molecule has 2 atom stereocenters. The van der Waals surface area contributed by atoms with E-state index < -0.39 is 46.2 Å². The molecule has 11 nitrogen and oxygen atoms in total. The molecule has 0 radical (unpaired) electrons. The van der Waals surface area contributed by atoms with E-state index >= 15 is 0 Å². The summed E-state index contributed by atoms with van der Waals surface area (Å²) in [5.41, 5.74) is -3.54. The molecule has 1 unspecified atom stereocenters. The molecule has 2 N–H and O–H groups in total. The monoisotopic (exact) mass is 469 g/mol. The Labute approximate surface area is 183 Å². The van der Waals surface area contributed by atoms with Crippen molar-refractivity contribution in [1.29, 1.82) is 0 Å². The van der Waals surface area contributed by atoms with Gasteiger partial charge in [-0.25, -0.2) is 9.59 Å². The van der Waals surface area contributed by atoms with Crippen LogP contribution in [0, 0.1) is 5.41 Å². The summed E-state index contributed by atoms with van der Waals surface area (Å²) in [6.45, 7) is 8.54. The molecular weight excluding hydrogens is 434 g/mol. The lowest BCUT2D eigenvalue weighted by molar-refractivity contribution is -0.203. The van der Waals surface area contributed by atoms with Crippen molar-refractivity contribution < 1.29 is 46.3 Å². The fourth-order valence-electron chi connectivity index (χ4n) is 1.98. The summed E-state index contributed by atoms with van der Waals surface area (Å²) in [7, 11) is -3.95. The first-order valence-corrected chi connectivity index (χ1v) is 11.6. The minimum atomic E-state index is -3.95. The Hall–Kier alpha value is -1.92. The van der Waals surface area contributed by atoms with Crippen molar-refractivity contribution in [3.8, 4) is 0 Å². The van der Waals surface area contributed by atoms with Crippen molar-refractivity contribution in [2.45, 2.75) is 72.7 Å². The third-order valence-corrected chi connectivity index (χ3v) is 5.75. The minimum Gasteiger partial charge on any atom is -0.434 e. The van der Waals surface area contributed by atoms with Crippen LogP contribution in [0.5, 0.6) is 0 Å². The van der Waals surface area contributed by atoms with Gasteiger partial charge in [0.2, 0.25) is 5.91 Å². The van der Waals surface area contributed by atoms with Gasteiger partial charge in [-0.1, -0.05) is 27.7 Å². The van der Waals surface area contributed by atoms with Crippen molar-refractivity contribution in [1.82, 2.24) is 5.32 Å². The first kappa shape index (κ1) is 29.1. The number of aliphatic hydroxyl groups is 1. The molecule has 0 fully saturated rings. The number of nitrogens with one attached hydrogen (secondary N) is 1. The zero-order valence-corrected chi connectivity index (χ0v) is 19.9. The first-order valence-electron chi connectivity index (χ1n) is 10.1. The SMILES string of the molecule is CCCOC(=O)OC(CC)OC(=O)[C@](C)(O)C(C)(C)COS(=O)(=O)CCCNC(C)=O. The maximum Gasteiger partial charge on any atom is 0.511 e. The van der Waals surface area contributed by atoms with E-state index in [1.54, 1.807) is 13.8 Å². The molecular formula is C19H35NO10S. The maximum atomic E-state index is 12.5. The Kier molecular flexibility index (Phi) is 12.0. The third-order valence-electron chi connectivity index (χ3n) is 4.48. The highest BCUT2D eigenvalue weighted by atomic mass is 32.2. The van der Waals surface area contributed by atoms with Crippen LogP contribution >= 0.6 is 0 Å². The molecule has 0 heterocycles. The molecule has 0 aromatic rings. The molecule has 0 aromatic carbocycles. The van der Waals surface area contributed by atoms with E-state index in [1.807, 2.05) is 0 Å². The van der Waals surface area contributed by atoms with Crippen LogP contribution < -0.4 is 5.32 Å². The van der Waals surface area contributed by atoms with Gasteiger partial charge in [0.1, 0.15) is 0 Å². The van der Waals surface area contributed by atoms with Gasteiger partial charge in [0, 0.05) is 25.3 Å². The molecule has 12 heteroatoms. The molecule has 0 aliphatic carbocycles. The highest BCUT2D eigenvalue weighted by Gasteiger charge is 2.49. The predicted molar refractivity (Wildman–Crippen MR) is 110 cm³/mol. The van der Waals surface area contributed by atoms with E-state index in [0.29, 0.717) is 6.42 Å². The number of rotatable bonds is 14. The predicted octanol–water partition coefficient (Wildman–Crippen LogP) is 1.48. The lowest BCUT2D eigenvalue weighted by Gasteiger charge is -2.37. The molecule has 0 aliphatic heterocycles. The van der Waals surface area contributed by atoms with Crippen molar-refractivity contribution in [2.75, 3.05) is 25.5 Å². The Bertz CT molecular complexity index is 702. The minimum absolute atomic E-state index is 0.114. The molecule has 0 saturated heterocycles. The van der Waals surface area contributed by atoms with Gasteiger partial charge in [0.15, 0.2) is 5.60 Å². The van der Waals surface area contributed by atoms with Crippen LogP contribution in [-0.2, 0) is 38.1 Å². The number of carbonyl (C=O) groups is 3. The Morgan fingerprint density at radius 2 is 1.71 bits per heavy atom. The zero-order valence-electron chi connectivity index (χ0n) is 19.1. The molecule has 0 saturated carbocycles.